The fourth-order valence-electron chi connectivity index (χ4n) is 3.59. The van der Waals surface area contributed by atoms with Crippen molar-refractivity contribution in [3.8, 4) is 17.2 Å². The number of hydrogen-bond acceptors (Lipinski definition) is 4. The number of benzene rings is 2. The van der Waals surface area contributed by atoms with Gasteiger partial charge >= 0.3 is 0 Å². The van der Waals surface area contributed by atoms with Crippen molar-refractivity contribution in [1.29, 1.82) is 5.26 Å². The first-order valence-corrected chi connectivity index (χ1v) is 9.00. The molecular weight excluding hydrogens is 327 g/mol. The third kappa shape index (κ3) is 3.29. The molecule has 0 bridgehead atoms. The van der Waals surface area contributed by atoms with Crippen LogP contribution in [0.3, 0.4) is 0 Å². The van der Waals surface area contributed by atoms with E-state index in [4.69, 9.17) is 5.26 Å². The van der Waals surface area contributed by atoms with Gasteiger partial charge in [-0.25, -0.2) is 4.39 Å². The number of piperidine rings is 1. The molecule has 0 radical (unpaired) electrons. The van der Waals surface area contributed by atoms with E-state index in [1.165, 1.54) is 6.07 Å². The van der Waals surface area contributed by atoms with Gasteiger partial charge in [-0.05, 0) is 66.5 Å². The molecule has 1 fully saturated rings. The van der Waals surface area contributed by atoms with Gasteiger partial charge in [-0.1, -0.05) is 12.1 Å². The number of nitrogens with one attached hydrogen (secondary N) is 3. The van der Waals surface area contributed by atoms with E-state index >= 15 is 0 Å². The number of anilines is 1. The molecule has 132 valence electrons. The molecule has 4 nitrogen and oxygen atoms in total. The lowest BCUT2D eigenvalue weighted by atomic mass is 9.99. The lowest BCUT2D eigenvalue weighted by Gasteiger charge is -2.25. The van der Waals surface area contributed by atoms with Gasteiger partial charge in [0.05, 0.1) is 5.56 Å². The molecule has 2 heterocycles. The van der Waals surface area contributed by atoms with Gasteiger partial charge in [0, 0.05) is 29.7 Å². The van der Waals surface area contributed by atoms with Crippen molar-refractivity contribution in [3.05, 3.63) is 52.1 Å². The van der Waals surface area contributed by atoms with Gasteiger partial charge in [0.1, 0.15) is 11.9 Å². The second-order valence-corrected chi connectivity index (χ2v) is 6.76. The predicted molar refractivity (Wildman–Crippen MR) is 102 cm³/mol. The highest BCUT2D eigenvalue weighted by atomic mass is 19.1. The van der Waals surface area contributed by atoms with Crippen LogP contribution in [0.15, 0.2) is 30.3 Å². The van der Waals surface area contributed by atoms with Gasteiger partial charge in [-0.2, -0.15) is 5.26 Å². The van der Waals surface area contributed by atoms with Crippen LogP contribution in [0.1, 0.15) is 18.4 Å². The number of rotatable bonds is 3. The van der Waals surface area contributed by atoms with Crippen molar-refractivity contribution in [3.63, 3.8) is 0 Å². The molecule has 0 amide bonds. The van der Waals surface area contributed by atoms with Gasteiger partial charge in [-0.15, -0.1) is 0 Å². The summed E-state index contributed by atoms with van der Waals surface area (Å²) >= 11 is 0. The number of halogens is 1. The summed E-state index contributed by atoms with van der Waals surface area (Å²) in [6.07, 6.45) is 6.36. The van der Waals surface area contributed by atoms with E-state index in [2.05, 4.69) is 34.2 Å². The van der Waals surface area contributed by atoms with Crippen LogP contribution in [0.25, 0.3) is 23.4 Å². The molecule has 0 aliphatic carbocycles. The lowest BCUT2D eigenvalue weighted by Crippen LogP contribution is -2.40. The zero-order valence-corrected chi connectivity index (χ0v) is 14.5. The monoisotopic (exact) mass is 348 g/mol. The Bertz CT molecular complexity index is 984. The summed E-state index contributed by atoms with van der Waals surface area (Å²) in [6.45, 7) is 2.83. The Morgan fingerprint density at radius 2 is 1.96 bits per heavy atom. The van der Waals surface area contributed by atoms with Gasteiger partial charge < -0.3 is 16.0 Å². The maximum Gasteiger partial charge on any atom is 0.141 e. The molecule has 0 saturated carbocycles. The highest BCUT2D eigenvalue weighted by Gasteiger charge is 2.15. The summed E-state index contributed by atoms with van der Waals surface area (Å²) < 4.78 is 14.1. The van der Waals surface area contributed by atoms with E-state index in [0.717, 1.165) is 59.7 Å². The Labute approximate surface area is 152 Å². The third-order valence-corrected chi connectivity index (χ3v) is 5.02. The second-order valence-electron chi connectivity index (χ2n) is 6.76. The Balaban J connectivity index is 1.78. The van der Waals surface area contributed by atoms with Crippen LogP contribution in [0.2, 0.25) is 0 Å². The van der Waals surface area contributed by atoms with E-state index in [1.807, 2.05) is 18.3 Å². The van der Waals surface area contributed by atoms with E-state index in [-0.39, 0.29) is 5.56 Å². The minimum atomic E-state index is -0.479. The average molecular weight is 348 g/mol. The van der Waals surface area contributed by atoms with Crippen molar-refractivity contribution in [2.45, 2.75) is 18.9 Å². The van der Waals surface area contributed by atoms with Crippen LogP contribution in [-0.2, 0) is 0 Å². The topological polar surface area (TPSA) is 59.9 Å². The van der Waals surface area contributed by atoms with Gasteiger partial charge in [0.25, 0.3) is 0 Å². The number of nitriles is 1. The largest absolute Gasteiger partial charge is 0.387 e. The minimum absolute atomic E-state index is 0.0730. The number of hydrogen-bond donors (Lipinski definition) is 3. The molecule has 0 spiro atoms. The molecule has 26 heavy (non-hydrogen) atoms. The zero-order chi connectivity index (χ0) is 17.9. The van der Waals surface area contributed by atoms with Crippen LogP contribution >= 0.6 is 0 Å². The Morgan fingerprint density at radius 1 is 1.12 bits per heavy atom. The first-order valence-electron chi connectivity index (χ1n) is 9.00. The molecule has 2 aliphatic heterocycles. The van der Waals surface area contributed by atoms with Crippen molar-refractivity contribution in [2.75, 3.05) is 25.0 Å². The lowest BCUT2D eigenvalue weighted by molar-refractivity contribution is 0.479. The first-order chi connectivity index (χ1) is 12.7. The number of fused-ring (bicyclic) bond motifs is 1. The van der Waals surface area contributed by atoms with E-state index in [0.29, 0.717) is 6.04 Å². The fourth-order valence-corrected chi connectivity index (χ4v) is 3.59. The predicted octanol–water partition coefficient (Wildman–Crippen LogP) is 1.65. The maximum absolute atomic E-state index is 14.1. The van der Waals surface area contributed by atoms with Gasteiger partial charge in [0.2, 0.25) is 0 Å². The van der Waals surface area contributed by atoms with E-state index < -0.39 is 5.82 Å². The fraction of sp³-hybridized carbons (Fsp3) is 0.286. The van der Waals surface area contributed by atoms with Crippen LogP contribution in [0.4, 0.5) is 10.1 Å². The van der Waals surface area contributed by atoms with Crippen molar-refractivity contribution >= 4 is 18.0 Å². The molecule has 2 aromatic rings. The highest BCUT2D eigenvalue weighted by molar-refractivity contribution is 5.71. The summed E-state index contributed by atoms with van der Waals surface area (Å²) in [4.78, 5) is 0. The van der Waals surface area contributed by atoms with E-state index in [1.54, 1.807) is 6.07 Å². The summed E-state index contributed by atoms with van der Waals surface area (Å²) in [5, 5.41) is 21.6. The SMILES string of the molecule is N#Cc1ccc(-c2cc(NC3CCNCC3)c3c(c2)=CCNC=3)cc1F. The summed E-state index contributed by atoms with van der Waals surface area (Å²) in [5.74, 6) is -0.479. The van der Waals surface area contributed by atoms with Crippen molar-refractivity contribution in [2.24, 2.45) is 0 Å². The van der Waals surface area contributed by atoms with Crippen molar-refractivity contribution < 1.29 is 4.39 Å². The van der Waals surface area contributed by atoms with Gasteiger partial charge in [-0.3, -0.25) is 0 Å². The van der Waals surface area contributed by atoms with E-state index in [9.17, 15) is 4.39 Å². The smallest absolute Gasteiger partial charge is 0.141 e. The zero-order valence-electron chi connectivity index (χ0n) is 14.5. The first kappa shape index (κ1) is 16.6. The molecule has 4 rings (SSSR count). The second kappa shape index (κ2) is 7.19. The van der Waals surface area contributed by atoms with Crippen LogP contribution < -0.4 is 26.4 Å². The average Bonchev–Trinajstić information content (AvgIpc) is 2.68. The van der Waals surface area contributed by atoms with Crippen LogP contribution in [-0.4, -0.2) is 25.7 Å². The Hall–Kier alpha value is -2.84. The quantitative estimate of drug-likeness (QED) is 0.789. The molecule has 2 aliphatic rings. The number of nitrogens with zero attached hydrogens (tertiary/aromatic N) is 1. The molecular formula is C21H21FN4. The molecule has 0 aromatic heterocycles. The van der Waals surface area contributed by atoms with Gasteiger partial charge in [0.15, 0.2) is 0 Å². The standard InChI is InChI=1S/C21H21FN4/c22-20-10-14(1-2-16(20)12-23)17-9-15-3-6-25-13-19(15)21(11-17)26-18-4-7-24-8-5-18/h1-3,9-11,13,18,24-26H,4-8H2. The van der Waals surface area contributed by atoms with Crippen LogP contribution in [0, 0.1) is 17.1 Å². The highest BCUT2D eigenvalue weighted by Crippen LogP contribution is 2.23. The summed E-state index contributed by atoms with van der Waals surface area (Å²) in [6, 6.07) is 11.3. The Kier molecular flexibility index (Phi) is 4.59. The maximum atomic E-state index is 14.1. The molecule has 0 atom stereocenters. The van der Waals surface area contributed by atoms with Crippen LogP contribution in [0.5, 0.6) is 0 Å². The minimum Gasteiger partial charge on any atom is -0.387 e. The molecule has 0 unspecified atom stereocenters. The molecule has 1 saturated heterocycles. The van der Waals surface area contributed by atoms with Crippen molar-refractivity contribution in [1.82, 2.24) is 10.6 Å². The molecule has 3 N–H and O–H groups in total. The normalized spacial score (nSPS) is 16.5. The summed E-state index contributed by atoms with van der Waals surface area (Å²) in [7, 11) is 0. The molecule has 2 aromatic carbocycles. The summed E-state index contributed by atoms with van der Waals surface area (Å²) in [5.41, 5.74) is 2.88. The Morgan fingerprint density at radius 3 is 2.73 bits per heavy atom. The third-order valence-electron chi connectivity index (χ3n) is 5.02. The molecule has 5 heteroatoms.